The zero-order valence-corrected chi connectivity index (χ0v) is 18.2. The van der Waals surface area contributed by atoms with Crippen molar-refractivity contribution in [2.24, 2.45) is 0 Å². The fourth-order valence-corrected chi connectivity index (χ4v) is 4.34. The minimum absolute atomic E-state index is 0.0950. The van der Waals surface area contributed by atoms with Crippen molar-refractivity contribution in [3.8, 4) is 11.8 Å². The molecule has 9 nitrogen and oxygen atoms in total. The molecule has 3 heterocycles. The minimum Gasteiger partial charge on any atom is -0.376 e. The summed E-state index contributed by atoms with van der Waals surface area (Å²) in [6.45, 7) is 5.23. The normalized spacial score (nSPS) is 15.7. The molecule has 160 valence electrons. The van der Waals surface area contributed by atoms with Crippen LogP contribution >= 0.6 is 11.8 Å². The Morgan fingerprint density at radius 3 is 2.87 bits per heavy atom. The number of ether oxygens (including phenoxy) is 1. The third-order valence-electron chi connectivity index (χ3n) is 5.38. The quantitative estimate of drug-likeness (QED) is 0.566. The lowest BCUT2D eigenvalue weighted by Crippen LogP contribution is -2.22. The number of hydrogen-bond acceptors (Lipinski definition) is 7. The average molecular weight is 438 g/mol. The van der Waals surface area contributed by atoms with Crippen LogP contribution in [0, 0.1) is 25.2 Å². The Hall–Kier alpha value is -3.16. The van der Waals surface area contributed by atoms with Crippen LogP contribution in [0.1, 0.15) is 29.7 Å². The van der Waals surface area contributed by atoms with Gasteiger partial charge in [0.2, 0.25) is 11.1 Å². The van der Waals surface area contributed by atoms with Gasteiger partial charge < -0.3 is 14.6 Å². The number of nitrogens with one attached hydrogen (secondary N) is 1. The number of anilines is 1. The molecule has 0 bridgehead atoms. The van der Waals surface area contributed by atoms with Gasteiger partial charge in [-0.05, 0) is 54.8 Å². The second-order valence-corrected chi connectivity index (χ2v) is 8.28. The molecule has 10 heteroatoms. The number of para-hydroxylation sites is 1. The van der Waals surface area contributed by atoms with Gasteiger partial charge in [0.25, 0.3) is 0 Å². The summed E-state index contributed by atoms with van der Waals surface area (Å²) in [5.41, 5.74) is 3.14. The number of amides is 1. The van der Waals surface area contributed by atoms with Crippen molar-refractivity contribution in [1.82, 2.24) is 24.8 Å². The molecule has 4 rings (SSSR count). The van der Waals surface area contributed by atoms with E-state index in [1.165, 1.54) is 11.8 Å². The first-order valence-corrected chi connectivity index (χ1v) is 11.0. The Balaban J connectivity index is 1.49. The van der Waals surface area contributed by atoms with E-state index >= 15 is 0 Å². The van der Waals surface area contributed by atoms with Crippen LogP contribution in [0.25, 0.3) is 5.69 Å². The van der Waals surface area contributed by atoms with E-state index in [1.54, 1.807) is 4.68 Å². The second kappa shape index (κ2) is 9.32. The molecule has 0 aliphatic carbocycles. The van der Waals surface area contributed by atoms with Gasteiger partial charge in [0.05, 0.1) is 29.7 Å². The van der Waals surface area contributed by atoms with Crippen LogP contribution in [-0.2, 0) is 16.1 Å². The average Bonchev–Trinajstić information content (AvgIpc) is 3.51. The smallest absolute Gasteiger partial charge is 0.235 e. The van der Waals surface area contributed by atoms with Crippen molar-refractivity contribution in [1.29, 1.82) is 5.26 Å². The van der Waals surface area contributed by atoms with E-state index in [0.717, 1.165) is 36.4 Å². The van der Waals surface area contributed by atoms with Crippen LogP contribution in [0.3, 0.4) is 0 Å². The molecule has 31 heavy (non-hydrogen) atoms. The van der Waals surface area contributed by atoms with Crippen LogP contribution in [0.2, 0.25) is 0 Å². The molecule has 0 saturated carbocycles. The highest BCUT2D eigenvalue weighted by atomic mass is 32.2. The summed E-state index contributed by atoms with van der Waals surface area (Å²) in [5, 5.41) is 24.9. The van der Waals surface area contributed by atoms with Gasteiger partial charge >= 0.3 is 0 Å². The molecule has 2 aromatic heterocycles. The molecular formula is C21H23N7O2S. The number of aromatic nitrogens is 5. The standard InChI is InChI=1S/C21H23N7O2S/c1-14-15(2)27(12-17-9-6-10-30-17)20(18(14)11-22)23-19(29)13-31-21-24-25-26-28(21)16-7-4-3-5-8-16/h3-5,7-8,17H,6,9-10,12-13H2,1-2H3,(H,23,29). The summed E-state index contributed by atoms with van der Waals surface area (Å²) in [4.78, 5) is 12.8. The van der Waals surface area contributed by atoms with Crippen LogP contribution in [0.5, 0.6) is 0 Å². The van der Waals surface area contributed by atoms with Gasteiger partial charge in [-0.25, -0.2) is 0 Å². The van der Waals surface area contributed by atoms with E-state index in [-0.39, 0.29) is 17.8 Å². The number of thioether (sulfide) groups is 1. The number of carbonyl (C=O) groups is 1. The first-order chi connectivity index (χ1) is 15.1. The summed E-state index contributed by atoms with van der Waals surface area (Å²) < 4.78 is 9.34. The molecule has 1 unspecified atom stereocenters. The van der Waals surface area contributed by atoms with Gasteiger partial charge in [-0.2, -0.15) is 9.94 Å². The molecule has 1 atom stereocenters. The van der Waals surface area contributed by atoms with Gasteiger partial charge in [-0.1, -0.05) is 30.0 Å². The van der Waals surface area contributed by atoms with Gasteiger partial charge in [-0.3, -0.25) is 4.79 Å². The van der Waals surface area contributed by atoms with E-state index in [1.807, 2.05) is 48.7 Å². The van der Waals surface area contributed by atoms with E-state index < -0.39 is 0 Å². The molecule has 1 fully saturated rings. The van der Waals surface area contributed by atoms with Crippen molar-refractivity contribution in [3.63, 3.8) is 0 Å². The fourth-order valence-electron chi connectivity index (χ4n) is 3.65. The Kier molecular flexibility index (Phi) is 6.34. The molecule has 0 spiro atoms. The Morgan fingerprint density at radius 2 is 2.16 bits per heavy atom. The predicted molar refractivity (Wildman–Crippen MR) is 116 cm³/mol. The van der Waals surface area contributed by atoms with E-state index in [0.29, 0.717) is 23.1 Å². The SMILES string of the molecule is Cc1c(C#N)c(NC(=O)CSc2nnnn2-c2ccccc2)n(CC2CCCO2)c1C. The number of nitrogens with zero attached hydrogens (tertiary/aromatic N) is 6. The van der Waals surface area contributed by atoms with Gasteiger partial charge in [-0.15, -0.1) is 5.10 Å². The van der Waals surface area contributed by atoms with Crippen LogP contribution in [0.4, 0.5) is 5.82 Å². The molecule has 1 aliphatic rings. The first-order valence-electron chi connectivity index (χ1n) is 10.1. The monoisotopic (exact) mass is 437 g/mol. The third kappa shape index (κ3) is 4.47. The molecule has 1 amide bonds. The number of nitriles is 1. The van der Waals surface area contributed by atoms with Gasteiger partial charge in [0.15, 0.2) is 0 Å². The van der Waals surface area contributed by atoms with Gasteiger partial charge in [0.1, 0.15) is 11.9 Å². The number of benzene rings is 1. The number of carbonyl (C=O) groups excluding carboxylic acids is 1. The fraction of sp³-hybridized carbons (Fsp3) is 0.381. The van der Waals surface area contributed by atoms with Crippen molar-refractivity contribution in [2.45, 2.75) is 44.5 Å². The molecule has 0 radical (unpaired) electrons. The summed E-state index contributed by atoms with van der Waals surface area (Å²) >= 11 is 1.24. The summed E-state index contributed by atoms with van der Waals surface area (Å²) in [5.74, 6) is 0.415. The van der Waals surface area contributed by atoms with E-state index in [2.05, 4.69) is 26.9 Å². The highest BCUT2D eigenvalue weighted by Crippen LogP contribution is 2.29. The second-order valence-electron chi connectivity index (χ2n) is 7.34. The van der Waals surface area contributed by atoms with Crippen LogP contribution in [0.15, 0.2) is 35.5 Å². The van der Waals surface area contributed by atoms with E-state index in [4.69, 9.17) is 4.74 Å². The van der Waals surface area contributed by atoms with Crippen molar-refractivity contribution >= 4 is 23.5 Å². The highest BCUT2D eigenvalue weighted by Gasteiger charge is 2.24. The Bertz CT molecular complexity index is 1110. The third-order valence-corrected chi connectivity index (χ3v) is 6.30. The summed E-state index contributed by atoms with van der Waals surface area (Å²) in [6, 6.07) is 11.7. The lowest BCUT2D eigenvalue weighted by atomic mass is 10.2. The van der Waals surface area contributed by atoms with Crippen molar-refractivity contribution in [2.75, 3.05) is 17.7 Å². The minimum atomic E-state index is -0.227. The maximum atomic E-state index is 12.8. The molecule has 1 aromatic carbocycles. The molecular weight excluding hydrogens is 414 g/mol. The molecule has 1 aliphatic heterocycles. The maximum absolute atomic E-state index is 12.8. The lowest BCUT2D eigenvalue weighted by molar-refractivity contribution is -0.113. The molecule has 1 saturated heterocycles. The summed E-state index contributed by atoms with van der Waals surface area (Å²) in [7, 11) is 0. The molecule has 3 aromatic rings. The zero-order valence-electron chi connectivity index (χ0n) is 17.4. The highest BCUT2D eigenvalue weighted by molar-refractivity contribution is 7.99. The topological polar surface area (TPSA) is 111 Å². The first kappa shape index (κ1) is 21.1. The van der Waals surface area contributed by atoms with Gasteiger partial charge in [0, 0.05) is 12.3 Å². The van der Waals surface area contributed by atoms with Crippen LogP contribution < -0.4 is 5.32 Å². The van der Waals surface area contributed by atoms with Crippen molar-refractivity contribution < 1.29 is 9.53 Å². The predicted octanol–water partition coefficient (Wildman–Crippen LogP) is 2.86. The summed E-state index contributed by atoms with van der Waals surface area (Å²) in [6.07, 6.45) is 2.10. The number of tetrazole rings is 1. The zero-order chi connectivity index (χ0) is 21.8. The number of hydrogen-bond donors (Lipinski definition) is 1. The Morgan fingerprint density at radius 1 is 1.35 bits per heavy atom. The number of rotatable bonds is 7. The Labute approximate surface area is 184 Å². The van der Waals surface area contributed by atoms with Crippen LogP contribution in [-0.4, -0.2) is 49.1 Å². The lowest BCUT2D eigenvalue weighted by Gasteiger charge is -2.16. The maximum Gasteiger partial charge on any atom is 0.235 e. The molecule has 1 N–H and O–H groups in total. The van der Waals surface area contributed by atoms with Crippen molar-refractivity contribution in [3.05, 3.63) is 47.2 Å². The van der Waals surface area contributed by atoms with E-state index in [9.17, 15) is 10.1 Å². The largest absolute Gasteiger partial charge is 0.376 e.